The SMILES string of the molecule is C1=CC2=C(C=CC1)N(C/C=C/n1c3ccccc3c3ccccc31)Cc1ccccc12. The molecule has 1 aliphatic carbocycles. The maximum absolute atomic E-state index is 2.48. The zero-order chi connectivity index (χ0) is 20.6. The van der Waals surface area contributed by atoms with Gasteiger partial charge in [-0.1, -0.05) is 78.9 Å². The summed E-state index contributed by atoms with van der Waals surface area (Å²) in [6.45, 7) is 1.80. The Hall–Kier alpha value is -3.78. The van der Waals surface area contributed by atoms with Crippen LogP contribution in [0.15, 0.2) is 109 Å². The predicted molar refractivity (Wildman–Crippen MR) is 131 cm³/mol. The topological polar surface area (TPSA) is 8.17 Å². The molecule has 0 bridgehead atoms. The number of para-hydroxylation sites is 2. The van der Waals surface area contributed by atoms with Crippen molar-refractivity contribution in [3.63, 3.8) is 0 Å². The summed E-state index contributed by atoms with van der Waals surface area (Å²) in [5, 5.41) is 2.60. The van der Waals surface area contributed by atoms with Gasteiger partial charge in [0.05, 0.1) is 11.0 Å². The second-order valence-corrected chi connectivity index (χ2v) is 8.17. The molecule has 0 fully saturated rings. The van der Waals surface area contributed by atoms with E-state index in [9.17, 15) is 0 Å². The van der Waals surface area contributed by atoms with E-state index < -0.39 is 0 Å². The van der Waals surface area contributed by atoms with Gasteiger partial charge in [0.15, 0.2) is 0 Å². The summed E-state index contributed by atoms with van der Waals surface area (Å²) in [5.74, 6) is 0. The molecule has 0 amide bonds. The third kappa shape index (κ3) is 3.03. The quantitative estimate of drug-likeness (QED) is 0.359. The van der Waals surface area contributed by atoms with Crippen LogP contribution in [0, 0.1) is 0 Å². The molecule has 4 aromatic rings. The number of allylic oxidation sites excluding steroid dienone is 5. The van der Waals surface area contributed by atoms with Gasteiger partial charge in [-0.05, 0) is 41.8 Å². The Labute approximate surface area is 182 Å². The highest BCUT2D eigenvalue weighted by Crippen LogP contribution is 2.35. The van der Waals surface area contributed by atoms with Gasteiger partial charge in [-0.3, -0.25) is 0 Å². The monoisotopic (exact) mass is 400 g/mol. The molecule has 2 heterocycles. The van der Waals surface area contributed by atoms with Crippen LogP contribution in [0.3, 0.4) is 0 Å². The van der Waals surface area contributed by atoms with Crippen molar-refractivity contribution in [2.45, 2.75) is 13.0 Å². The first-order chi connectivity index (χ1) is 15.4. The van der Waals surface area contributed by atoms with Crippen LogP contribution in [0.4, 0.5) is 0 Å². The molecular formula is C29H24N2. The Morgan fingerprint density at radius 2 is 1.42 bits per heavy atom. The largest absolute Gasteiger partial charge is 0.363 e. The van der Waals surface area contributed by atoms with Crippen LogP contribution in [0.2, 0.25) is 0 Å². The second kappa shape index (κ2) is 7.48. The minimum absolute atomic E-state index is 0.867. The van der Waals surface area contributed by atoms with Crippen molar-refractivity contribution in [1.82, 2.24) is 9.47 Å². The van der Waals surface area contributed by atoms with E-state index in [-0.39, 0.29) is 0 Å². The summed E-state index contributed by atoms with van der Waals surface area (Å²) in [6, 6.07) is 26.1. The van der Waals surface area contributed by atoms with Crippen LogP contribution in [0.25, 0.3) is 33.6 Å². The molecule has 0 spiro atoms. The van der Waals surface area contributed by atoms with E-state index in [1.165, 1.54) is 44.2 Å². The lowest BCUT2D eigenvalue weighted by Gasteiger charge is -2.32. The van der Waals surface area contributed by atoms with Crippen LogP contribution in [-0.2, 0) is 6.54 Å². The lowest BCUT2D eigenvalue weighted by molar-refractivity contribution is 0.381. The van der Waals surface area contributed by atoms with Crippen molar-refractivity contribution in [1.29, 1.82) is 0 Å². The molecule has 0 unspecified atom stereocenters. The smallest absolute Gasteiger partial charge is 0.0534 e. The fourth-order valence-corrected chi connectivity index (χ4v) is 4.89. The van der Waals surface area contributed by atoms with Crippen LogP contribution >= 0.6 is 0 Å². The van der Waals surface area contributed by atoms with E-state index in [2.05, 4.69) is 119 Å². The molecule has 1 aromatic heterocycles. The van der Waals surface area contributed by atoms with Crippen molar-refractivity contribution >= 4 is 33.6 Å². The molecule has 150 valence electrons. The van der Waals surface area contributed by atoms with E-state index in [0.717, 1.165) is 19.5 Å². The van der Waals surface area contributed by atoms with Gasteiger partial charge < -0.3 is 9.47 Å². The molecule has 6 rings (SSSR count). The van der Waals surface area contributed by atoms with Crippen molar-refractivity contribution < 1.29 is 0 Å². The summed E-state index contributed by atoms with van der Waals surface area (Å²) in [5.41, 5.74) is 7.91. The maximum atomic E-state index is 2.48. The van der Waals surface area contributed by atoms with Crippen molar-refractivity contribution in [3.8, 4) is 0 Å². The molecule has 31 heavy (non-hydrogen) atoms. The molecular weight excluding hydrogens is 376 g/mol. The van der Waals surface area contributed by atoms with E-state index in [4.69, 9.17) is 0 Å². The lowest BCUT2D eigenvalue weighted by atomic mass is 9.93. The van der Waals surface area contributed by atoms with Gasteiger partial charge in [0, 0.05) is 41.3 Å². The van der Waals surface area contributed by atoms with Crippen LogP contribution in [-0.4, -0.2) is 16.0 Å². The molecule has 2 nitrogen and oxygen atoms in total. The standard InChI is InChI=1S/C29H24N2/c1-2-13-24-23-12-5-4-11-22(23)21-30(27(24)16-3-1)19-10-20-31-28-17-8-6-14-25(28)26-15-7-9-18-29(26)31/h2-18,20H,1,19,21H2/b20-10+. The average Bonchev–Trinajstić information content (AvgIpc) is 2.96. The van der Waals surface area contributed by atoms with E-state index in [0.29, 0.717) is 0 Å². The zero-order valence-corrected chi connectivity index (χ0v) is 17.4. The molecule has 0 saturated carbocycles. The first-order valence-corrected chi connectivity index (χ1v) is 10.9. The second-order valence-electron chi connectivity index (χ2n) is 8.17. The fourth-order valence-electron chi connectivity index (χ4n) is 4.89. The highest BCUT2D eigenvalue weighted by Gasteiger charge is 2.21. The Kier molecular flexibility index (Phi) is 4.35. The van der Waals surface area contributed by atoms with Crippen LogP contribution < -0.4 is 0 Å². The Morgan fingerprint density at radius 1 is 0.742 bits per heavy atom. The summed E-state index contributed by atoms with van der Waals surface area (Å²) in [7, 11) is 0. The molecule has 1 aliphatic heterocycles. The van der Waals surface area contributed by atoms with Gasteiger partial charge in [-0.25, -0.2) is 0 Å². The number of hydrogen-bond donors (Lipinski definition) is 0. The Balaban J connectivity index is 1.38. The summed E-state index contributed by atoms with van der Waals surface area (Å²) in [4.78, 5) is 2.48. The summed E-state index contributed by atoms with van der Waals surface area (Å²) < 4.78 is 2.32. The van der Waals surface area contributed by atoms with E-state index in [1.54, 1.807) is 0 Å². The van der Waals surface area contributed by atoms with Gasteiger partial charge in [-0.15, -0.1) is 0 Å². The number of aromatic nitrogens is 1. The normalized spacial score (nSPS) is 15.7. The molecule has 0 radical (unpaired) electrons. The van der Waals surface area contributed by atoms with Crippen molar-refractivity contribution in [2.24, 2.45) is 0 Å². The third-order valence-electron chi connectivity index (χ3n) is 6.32. The van der Waals surface area contributed by atoms with E-state index >= 15 is 0 Å². The van der Waals surface area contributed by atoms with Crippen LogP contribution in [0.5, 0.6) is 0 Å². The Morgan fingerprint density at radius 3 is 2.23 bits per heavy atom. The first-order valence-electron chi connectivity index (χ1n) is 10.9. The summed E-state index contributed by atoms with van der Waals surface area (Å²) >= 11 is 0. The predicted octanol–water partition coefficient (Wildman–Crippen LogP) is 7.01. The number of benzene rings is 3. The minimum Gasteiger partial charge on any atom is -0.363 e. The highest BCUT2D eigenvalue weighted by atomic mass is 15.1. The van der Waals surface area contributed by atoms with Gasteiger partial charge in [0.2, 0.25) is 0 Å². The number of hydrogen-bond acceptors (Lipinski definition) is 1. The van der Waals surface area contributed by atoms with Gasteiger partial charge in [0.1, 0.15) is 0 Å². The molecule has 0 saturated heterocycles. The lowest BCUT2D eigenvalue weighted by Crippen LogP contribution is -2.26. The molecule has 2 aliphatic rings. The first kappa shape index (κ1) is 18.0. The molecule has 2 heteroatoms. The minimum atomic E-state index is 0.867. The number of nitrogens with zero attached hydrogens (tertiary/aromatic N) is 2. The van der Waals surface area contributed by atoms with Crippen molar-refractivity contribution in [3.05, 3.63) is 120 Å². The zero-order valence-electron chi connectivity index (χ0n) is 17.4. The van der Waals surface area contributed by atoms with Gasteiger partial charge in [-0.2, -0.15) is 0 Å². The Bertz CT molecular complexity index is 1360. The molecule has 0 atom stereocenters. The maximum Gasteiger partial charge on any atom is 0.0534 e. The average molecular weight is 401 g/mol. The van der Waals surface area contributed by atoms with Gasteiger partial charge in [0.25, 0.3) is 0 Å². The summed E-state index contributed by atoms with van der Waals surface area (Å²) in [6.07, 6.45) is 14.6. The van der Waals surface area contributed by atoms with E-state index in [1.807, 2.05) is 0 Å². The fraction of sp³-hybridized carbons (Fsp3) is 0.103. The molecule has 3 aromatic carbocycles. The third-order valence-corrected chi connectivity index (χ3v) is 6.32. The van der Waals surface area contributed by atoms with Crippen LogP contribution in [0.1, 0.15) is 17.5 Å². The number of rotatable bonds is 3. The van der Waals surface area contributed by atoms with Crippen molar-refractivity contribution in [2.75, 3.05) is 6.54 Å². The van der Waals surface area contributed by atoms with Gasteiger partial charge >= 0.3 is 0 Å². The highest BCUT2D eigenvalue weighted by molar-refractivity contribution is 6.09. The molecule has 0 N–H and O–H groups in total. The number of fused-ring (bicyclic) bond motifs is 5.